The highest BCUT2D eigenvalue weighted by atomic mass is 16.7. The Morgan fingerprint density at radius 2 is 1.95 bits per heavy atom. The molecule has 124 valence electrons. The summed E-state index contributed by atoms with van der Waals surface area (Å²) < 4.78 is 12.3. The molecule has 1 saturated heterocycles. The fraction of sp³-hybridized carbons (Fsp3) is 0.842. The van der Waals surface area contributed by atoms with Crippen molar-refractivity contribution in [2.45, 2.75) is 71.7 Å². The summed E-state index contributed by atoms with van der Waals surface area (Å²) in [5.41, 5.74) is 1.46. The number of ether oxygens (including phenoxy) is 2. The summed E-state index contributed by atoms with van der Waals surface area (Å²) >= 11 is 0. The molecule has 0 radical (unpaired) electrons. The van der Waals surface area contributed by atoms with Gasteiger partial charge in [0.2, 0.25) is 0 Å². The molecule has 0 aromatic carbocycles. The Bertz CT molecular complexity index is 483. The van der Waals surface area contributed by atoms with Crippen LogP contribution >= 0.6 is 0 Å². The van der Waals surface area contributed by atoms with Crippen molar-refractivity contribution in [1.29, 1.82) is 0 Å². The Hall–Kier alpha value is -0.670. The second-order valence-corrected chi connectivity index (χ2v) is 8.55. The van der Waals surface area contributed by atoms with Crippen LogP contribution in [0.1, 0.15) is 59.8 Å². The fourth-order valence-electron chi connectivity index (χ4n) is 5.60. The molecule has 22 heavy (non-hydrogen) atoms. The molecule has 3 aliphatic rings. The van der Waals surface area contributed by atoms with Gasteiger partial charge in [0.1, 0.15) is 6.29 Å². The average molecular weight is 306 g/mol. The molecule has 0 aromatic rings. The lowest BCUT2D eigenvalue weighted by atomic mass is 9.46. The number of hydrogen-bond acceptors (Lipinski definition) is 3. The Morgan fingerprint density at radius 1 is 1.23 bits per heavy atom. The maximum atomic E-state index is 11.2. The molecule has 0 N–H and O–H groups in total. The predicted molar refractivity (Wildman–Crippen MR) is 86.4 cm³/mol. The summed E-state index contributed by atoms with van der Waals surface area (Å²) in [6, 6.07) is 0. The van der Waals surface area contributed by atoms with Gasteiger partial charge in [-0.05, 0) is 56.8 Å². The van der Waals surface area contributed by atoms with Crippen LogP contribution < -0.4 is 0 Å². The largest absolute Gasteiger partial charge is 0.350 e. The van der Waals surface area contributed by atoms with Crippen molar-refractivity contribution in [2.24, 2.45) is 22.7 Å². The van der Waals surface area contributed by atoms with E-state index < -0.39 is 5.79 Å². The molecule has 3 fully saturated rings. The Balaban J connectivity index is 1.93. The van der Waals surface area contributed by atoms with Gasteiger partial charge in [-0.3, -0.25) is 0 Å². The molecular weight excluding hydrogens is 276 g/mol. The lowest BCUT2D eigenvalue weighted by molar-refractivity contribution is -0.344. The fourth-order valence-corrected chi connectivity index (χ4v) is 5.60. The standard InChI is InChI=1S/C19H30O3/c1-13-6-7-15-18(4,14(13)9-11-20)10-8-16-19(15,5)12-21-17(2,3)22-16/h11,14-16H,1,6-10,12H2,2-5H3/t14-,15?,16-,18+,19+/m1/s1. The van der Waals surface area contributed by atoms with Crippen molar-refractivity contribution in [3.8, 4) is 0 Å². The normalized spacial score (nSPS) is 47.5. The van der Waals surface area contributed by atoms with Gasteiger partial charge in [-0.25, -0.2) is 0 Å². The van der Waals surface area contributed by atoms with Gasteiger partial charge in [-0.1, -0.05) is 26.0 Å². The van der Waals surface area contributed by atoms with E-state index in [4.69, 9.17) is 9.47 Å². The monoisotopic (exact) mass is 306 g/mol. The van der Waals surface area contributed by atoms with E-state index in [1.807, 2.05) is 13.8 Å². The number of fused-ring (bicyclic) bond motifs is 3. The highest BCUT2D eigenvalue weighted by molar-refractivity contribution is 5.51. The molecule has 3 rings (SSSR count). The number of carbonyl (C=O) groups excluding carboxylic acids is 1. The molecule has 1 aliphatic heterocycles. The van der Waals surface area contributed by atoms with Crippen LogP contribution in [0, 0.1) is 22.7 Å². The van der Waals surface area contributed by atoms with Gasteiger partial charge >= 0.3 is 0 Å². The molecule has 0 bridgehead atoms. The van der Waals surface area contributed by atoms with Gasteiger partial charge in [-0.15, -0.1) is 0 Å². The number of carbonyl (C=O) groups is 1. The van der Waals surface area contributed by atoms with E-state index in [1.54, 1.807) is 0 Å². The molecular formula is C19H30O3. The lowest BCUT2D eigenvalue weighted by Gasteiger charge is -2.63. The first-order chi connectivity index (χ1) is 10.2. The minimum Gasteiger partial charge on any atom is -0.350 e. The van der Waals surface area contributed by atoms with Gasteiger partial charge in [0, 0.05) is 11.8 Å². The molecule has 5 atom stereocenters. The maximum Gasteiger partial charge on any atom is 0.163 e. The molecule has 3 nitrogen and oxygen atoms in total. The first-order valence-corrected chi connectivity index (χ1v) is 8.66. The van der Waals surface area contributed by atoms with Crippen molar-refractivity contribution in [3.63, 3.8) is 0 Å². The molecule has 2 saturated carbocycles. The van der Waals surface area contributed by atoms with Gasteiger partial charge < -0.3 is 14.3 Å². The van der Waals surface area contributed by atoms with Gasteiger partial charge in [0.15, 0.2) is 5.79 Å². The number of hydrogen-bond donors (Lipinski definition) is 0. The molecule has 0 amide bonds. The lowest BCUT2D eigenvalue weighted by Crippen LogP contribution is -2.63. The summed E-state index contributed by atoms with van der Waals surface area (Å²) in [5.74, 6) is 0.375. The first kappa shape index (κ1) is 16.2. The third-order valence-electron chi connectivity index (χ3n) is 6.80. The summed E-state index contributed by atoms with van der Waals surface area (Å²) in [5, 5.41) is 0. The first-order valence-electron chi connectivity index (χ1n) is 8.66. The number of allylic oxidation sites excluding steroid dienone is 1. The Morgan fingerprint density at radius 3 is 2.64 bits per heavy atom. The summed E-state index contributed by atoms with van der Waals surface area (Å²) in [6.07, 6.45) is 6.30. The molecule has 2 aliphatic carbocycles. The van der Waals surface area contributed by atoms with E-state index >= 15 is 0 Å². The van der Waals surface area contributed by atoms with Crippen molar-refractivity contribution in [3.05, 3.63) is 12.2 Å². The van der Waals surface area contributed by atoms with Crippen LogP contribution in [-0.2, 0) is 14.3 Å². The minimum atomic E-state index is -0.474. The topological polar surface area (TPSA) is 35.5 Å². The van der Waals surface area contributed by atoms with E-state index in [2.05, 4.69) is 20.4 Å². The van der Waals surface area contributed by atoms with Crippen molar-refractivity contribution in [1.82, 2.24) is 0 Å². The van der Waals surface area contributed by atoms with Crippen LogP contribution in [0.2, 0.25) is 0 Å². The maximum absolute atomic E-state index is 11.2. The van der Waals surface area contributed by atoms with Gasteiger partial charge in [0.05, 0.1) is 12.7 Å². The number of rotatable bonds is 2. The van der Waals surface area contributed by atoms with Crippen molar-refractivity contribution < 1.29 is 14.3 Å². The van der Waals surface area contributed by atoms with Crippen LogP contribution in [0.3, 0.4) is 0 Å². The minimum absolute atomic E-state index is 0.0460. The van der Waals surface area contributed by atoms with Gasteiger partial charge in [0.25, 0.3) is 0 Å². The molecule has 0 spiro atoms. The van der Waals surface area contributed by atoms with Crippen LogP contribution in [0.15, 0.2) is 12.2 Å². The smallest absolute Gasteiger partial charge is 0.163 e. The molecule has 1 heterocycles. The summed E-state index contributed by atoms with van der Waals surface area (Å²) in [7, 11) is 0. The summed E-state index contributed by atoms with van der Waals surface area (Å²) in [4.78, 5) is 11.2. The Labute approximate surface area is 134 Å². The second kappa shape index (κ2) is 5.17. The third-order valence-corrected chi connectivity index (χ3v) is 6.80. The third kappa shape index (κ3) is 2.28. The van der Waals surface area contributed by atoms with Crippen LogP contribution in [0.25, 0.3) is 0 Å². The quantitative estimate of drug-likeness (QED) is 0.569. The second-order valence-electron chi connectivity index (χ2n) is 8.55. The van der Waals surface area contributed by atoms with Gasteiger partial charge in [-0.2, -0.15) is 0 Å². The zero-order chi connectivity index (χ0) is 16.2. The molecule has 3 heteroatoms. The highest BCUT2D eigenvalue weighted by Gasteiger charge is 2.60. The zero-order valence-corrected chi connectivity index (χ0v) is 14.5. The highest BCUT2D eigenvalue weighted by Crippen LogP contribution is 2.63. The van der Waals surface area contributed by atoms with Crippen molar-refractivity contribution in [2.75, 3.05) is 6.61 Å². The van der Waals surface area contributed by atoms with Crippen LogP contribution in [0.4, 0.5) is 0 Å². The van der Waals surface area contributed by atoms with E-state index in [0.717, 1.165) is 38.6 Å². The molecule has 1 unspecified atom stereocenters. The van der Waals surface area contributed by atoms with E-state index in [9.17, 15) is 4.79 Å². The Kier molecular flexibility index (Phi) is 3.81. The van der Waals surface area contributed by atoms with Crippen LogP contribution in [-0.4, -0.2) is 24.8 Å². The van der Waals surface area contributed by atoms with E-state index in [1.165, 1.54) is 5.57 Å². The summed E-state index contributed by atoms with van der Waals surface area (Å²) in [6.45, 7) is 13.8. The van der Waals surface area contributed by atoms with Crippen LogP contribution in [0.5, 0.6) is 0 Å². The van der Waals surface area contributed by atoms with Crippen molar-refractivity contribution >= 4 is 6.29 Å². The van der Waals surface area contributed by atoms with E-state index in [0.29, 0.717) is 18.3 Å². The predicted octanol–water partition coefficient (Wildman–Crippen LogP) is 4.12. The van der Waals surface area contributed by atoms with E-state index in [-0.39, 0.29) is 16.9 Å². The SMILES string of the molecule is C=C1CCC2[C@]3(C)COC(C)(C)O[C@@H]3CC[C@@]2(C)[C@@H]1CC=O. The number of aldehydes is 1. The average Bonchev–Trinajstić information content (AvgIpc) is 2.44. The molecule has 0 aromatic heterocycles. The zero-order valence-electron chi connectivity index (χ0n) is 14.5.